The van der Waals surface area contributed by atoms with Gasteiger partial charge in [-0.25, -0.2) is 4.79 Å². The maximum absolute atomic E-state index is 13.1. The predicted molar refractivity (Wildman–Crippen MR) is 67.5 cm³/mol. The number of carbonyl (C=O) groups excluding carboxylic acids is 1. The molecular formula is C12H19F2O6S-. The first kappa shape index (κ1) is 18.6. The third kappa shape index (κ3) is 6.03. The molecule has 1 saturated carbocycles. The lowest BCUT2D eigenvalue weighted by atomic mass is 9.70. The van der Waals surface area contributed by atoms with Crippen LogP contribution in [0.15, 0.2) is 0 Å². The highest BCUT2D eigenvalue weighted by molar-refractivity contribution is 7.96. The number of halogens is 2. The molecule has 0 saturated heterocycles. The van der Waals surface area contributed by atoms with Crippen LogP contribution in [0.4, 0.5) is 8.78 Å². The second-order valence-corrected chi connectivity index (χ2v) is 5.97. The number of hydrogen-bond donors (Lipinski definition) is 1. The topological polar surface area (TPSA) is 88.1 Å². The smallest absolute Gasteiger partial charge is 0.415 e. The lowest BCUT2D eigenvalue weighted by molar-refractivity contribution is -0.777. The Kier molecular flexibility index (Phi) is 7.82. The first-order valence-electron chi connectivity index (χ1n) is 6.76. The summed E-state index contributed by atoms with van der Waals surface area (Å²) in [5.41, 5.74) is -0.148. The molecule has 6 nitrogen and oxygen atoms in total. The molecule has 1 fully saturated rings. The second-order valence-electron chi connectivity index (χ2n) is 5.16. The number of aliphatic hydroxyl groups excluding tert-OH is 1. The number of aliphatic hydroxyl groups is 1. The van der Waals surface area contributed by atoms with Gasteiger partial charge in [0.1, 0.15) is 12.0 Å². The summed E-state index contributed by atoms with van der Waals surface area (Å²) in [6.07, 6.45) is 5.95. The van der Waals surface area contributed by atoms with Crippen LogP contribution in [0.3, 0.4) is 0 Å². The molecule has 21 heavy (non-hydrogen) atoms. The van der Waals surface area contributed by atoms with Crippen LogP contribution >= 0.6 is 12.0 Å². The van der Waals surface area contributed by atoms with Crippen molar-refractivity contribution >= 4 is 18.0 Å². The van der Waals surface area contributed by atoms with Crippen molar-refractivity contribution in [3.63, 3.8) is 0 Å². The predicted octanol–water partition coefficient (Wildman–Crippen LogP) is 1.72. The summed E-state index contributed by atoms with van der Waals surface area (Å²) >= 11 is -0.700. The first-order chi connectivity index (χ1) is 9.96. The molecule has 0 aromatic rings. The normalized spacial score (nSPS) is 18.5. The molecule has 1 N–H and O–H groups in total. The van der Waals surface area contributed by atoms with Gasteiger partial charge in [0.15, 0.2) is 0 Å². The van der Waals surface area contributed by atoms with Crippen molar-refractivity contribution in [2.45, 2.75) is 50.2 Å². The molecule has 0 spiro atoms. The van der Waals surface area contributed by atoms with Gasteiger partial charge in [0.05, 0.1) is 6.61 Å². The molecule has 0 aromatic heterocycles. The van der Waals surface area contributed by atoms with E-state index < -0.39 is 23.3 Å². The fraction of sp³-hybridized carbons (Fsp3) is 0.917. The molecule has 1 rings (SSSR count). The van der Waals surface area contributed by atoms with Gasteiger partial charge in [-0.1, -0.05) is 19.3 Å². The number of alkyl halides is 2. The summed E-state index contributed by atoms with van der Waals surface area (Å²) < 4.78 is 34.2. The third-order valence-corrected chi connectivity index (χ3v) is 4.33. The summed E-state index contributed by atoms with van der Waals surface area (Å²) in [6.45, 7) is -0.137. The Bertz CT molecular complexity index is 317. The van der Waals surface area contributed by atoms with Gasteiger partial charge in [-0.05, 0) is 31.1 Å². The zero-order chi connectivity index (χ0) is 15.8. The van der Waals surface area contributed by atoms with Gasteiger partial charge in [-0.15, -0.1) is 0 Å². The van der Waals surface area contributed by atoms with Crippen LogP contribution in [0.1, 0.15) is 44.9 Å². The molecular weight excluding hydrogens is 310 g/mol. The van der Waals surface area contributed by atoms with Crippen LogP contribution in [0, 0.1) is 5.41 Å². The molecule has 0 unspecified atom stereocenters. The van der Waals surface area contributed by atoms with Crippen LogP contribution in [0.5, 0.6) is 0 Å². The van der Waals surface area contributed by atoms with Crippen molar-refractivity contribution in [3.8, 4) is 0 Å². The van der Waals surface area contributed by atoms with Crippen LogP contribution < -0.4 is 5.26 Å². The monoisotopic (exact) mass is 329 g/mol. The standard InChI is InChI=1S/C12H20F2O6S/c13-12(14,21-20-19-17)10(16)18-9-7-11(6-8-15)4-2-1-3-5-11/h15,17H,1-9H2/p-1. The van der Waals surface area contributed by atoms with Gasteiger partial charge in [0, 0.05) is 6.61 Å². The molecule has 124 valence electrons. The van der Waals surface area contributed by atoms with E-state index in [9.17, 15) is 18.8 Å². The highest BCUT2D eigenvalue weighted by Gasteiger charge is 2.44. The molecule has 9 heteroatoms. The van der Waals surface area contributed by atoms with E-state index in [4.69, 9.17) is 5.11 Å². The summed E-state index contributed by atoms with van der Waals surface area (Å²) in [4.78, 5) is 11.2. The van der Waals surface area contributed by atoms with E-state index in [1.807, 2.05) is 0 Å². The number of hydrogen-bond acceptors (Lipinski definition) is 7. The van der Waals surface area contributed by atoms with Crippen LogP contribution in [-0.2, 0) is 18.9 Å². The SMILES string of the molecule is O=C(OCCC1(CCO)CCCCC1)C(F)(F)SOO[O-]. The molecule has 0 aliphatic heterocycles. The molecule has 0 amide bonds. The fourth-order valence-corrected chi connectivity index (χ4v) is 2.94. The van der Waals surface area contributed by atoms with Crippen LogP contribution in [0.25, 0.3) is 0 Å². The Morgan fingerprint density at radius 2 is 1.95 bits per heavy atom. The van der Waals surface area contributed by atoms with Crippen molar-refractivity contribution in [2.75, 3.05) is 13.2 Å². The number of ether oxygens (including phenoxy) is 1. The van der Waals surface area contributed by atoms with Crippen molar-refractivity contribution in [1.29, 1.82) is 0 Å². The van der Waals surface area contributed by atoms with E-state index in [0.29, 0.717) is 12.8 Å². The van der Waals surface area contributed by atoms with Gasteiger partial charge in [0.2, 0.25) is 0 Å². The van der Waals surface area contributed by atoms with Crippen LogP contribution in [-0.4, -0.2) is 29.5 Å². The van der Waals surface area contributed by atoms with E-state index >= 15 is 0 Å². The van der Waals surface area contributed by atoms with E-state index in [1.54, 1.807) is 0 Å². The molecule has 0 atom stereocenters. The third-order valence-electron chi connectivity index (χ3n) is 3.83. The molecule has 0 bridgehead atoms. The average Bonchev–Trinajstić information content (AvgIpc) is 2.46. The van der Waals surface area contributed by atoms with E-state index in [2.05, 4.69) is 14.1 Å². The molecule has 0 aromatic carbocycles. The molecule has 0 radical (unpaired) electrons. The van der Waals surface area contributed by atoms with E-state index in [1.165, 1.54) is 0 Å². The van der Waals surface area contributed by atoms with Gasteiger partial charge in [-0.2, -0.15) is 13.1 Å². The maximum atomic E-state index is 13.1. The summed E-state index contributed by atoms with van der Waals surface area (Å²) in [5, 5.41) is 17.4. The van der Waals surface area contributed by atoms with Crippen molar-refractivity contribution in [1.82, 2.24) is 0 Å². The van der Waals surface area contributed by atoms with Gasteiger partial charge in [0.25, 0.3) is 0 Å². The molecule has 1 aliphatic rings. The van der Waals surface area contributed by atoms with Gasteiger partial charge in [-0.3, -0.25) is 5.04 Å². The quantitative estimate of drug-likeness (QED) is 0.298. The summed E-state index contributed by atoms with van der Waals surface area (Å²) in [7, 11) is 0. The zero-order valence-corrected chi connectivity index (χ0v) is 12.3. The largest absolute Gasteiger partial charge is 0.691 e. The van der Waals surface area contributed by atoms with Gasteiger partial charge < -0.3 is 15.1 Å². The lowest BCUT2D eigenvalue weighted by Gasteiger charge is -2.37. The Morgan fingerprint density at radius 1 is 1.29 bits per heavy atom. The molecule has 1 aliphatic carbocycles. The number of rotatable bonds is 9. The Labute approximate surface area is 125 Å². The maximum Gasteiger partial charge on any atom is 0.415 e. The second kappa shape index (κ2) is 8.84. The molecule has 0 heterocycles. The number of carbonyl (C=O) groups is 1. The minimum absolute atomic E-state index is 0.0225. The fourth-order valence-electron chi connectivity index (χ4n) is 2.70. The zero-order valence-electron chi connectivity index (χ0n) is 11.5. The minimum Gasteiger partial charge on any atom is -0.691 e. The Morgan fingerprint density at radius 3 is 2.52 bits per heavy atom. The Balaban J connectivity index is 2.41. The minimum atomic E-state index is -4.00. The van der Waals surface area contributed by atoms with Crippen LogP contribution in [0.2, 0.25) is 0 Å². The average molecular weight is 329 g/mol. The van der Waals surface area contributed by atoms with Gasteiger partial charge >= 0.3 is 11.2 Å². The highest BCUT2D eigenvalue weighted by Crippen LogP contribution is 2.42. The summed E-state index contributed by atoms with van der Waals surface area (Å²) in [5.74, 6) is -1.78. The summed E-state index contributed by atoms with van der Waals surface area (Å²) in [6, 6.07) is 0. The Hall–Kier alpha value is -0.480. The first-order valence-corrected chi connectivity index (χ1v) is 7.50. The number of esters is 1. The van der Waals surface area contributed by atoms with E-state index in [-0.39, 0.29) is 18.6 Å². The lowest BCUT2D eigenvalue weighted by Crippen LogP contribution is -2.31. The van der Waals surface area contributed by atoms with E-state index in [0.717, 1.165) is 32.1 Å². The van der Waals surface area contributed by atoms with Crippen molar-refractivity contribution in [2.24, 2.45) is 5.41 Å². The van der Waals surface area contributed by atoms with Crippen molar-refractivity contribution < 1.29 is 38.0 Å². The highest BCUT2D eigenvalue weighted by atomic mass is 32.2. The van der Waals surface area contributed by atoms with Crippen molar-refractivity contribution in [3.05, 3.63) is 0 Å².